The third-order valence-electron chi connectivity index (χ3n) is 3.76. The Morgan fingerprint density at radius 2 is 1.69 bits per heavy atom. The molecule has 9 heteroatoms. The molecule has 0 bridgehead atoms. The summed E-state index contributed by atoms with van der Waals surface area (Å²) in [7, 11) is 0. The van der Waals surface area contributed by atoms with Crippen molar-refractivity contribution in [2.45, 2.75) is 25.9 Å². The van der Waals surface area contributed by atoms with Gasteiger partial charge in [-0.1, -0.05) is 40.9 Å². The summed E-state index contributed by atoms with van der Waals surface area (Å²) < 4.78 is 0. The number of nitro benzene ring substituents is 1. The van der Waals surface area contributed by atoms with Gasteiger partial charge in [-0.3, -0.25) is 20.2 Å². The van der Waals surface area contributed by atoms with Crippen LogP contribution in [0.15, 0.2) is 36.4 Å². The molecule has 2 N–H and O–H groups in total. The van der Waals surface area contributed by atoms with Crippen molar-refractivity contribution in [3.8, 4) is 0 Å². The lowest BCUT2D eigenvalue weighted by Gasteiger charge is -2.20. The quantitative estimate of drug-likeness (QED) is 0.498. The zero-order chi connectivity index (χ0) is 19.4. The minimum absolute atomic E-state index is 0.158. The fraction of sp³-hybridized carbons (Fsp3) is 0.235. The van der Waals surface area contributed by atoms with Gasteiger partial charge >= 0.3 is 0 Å². The molecule has 0 aliphatic carbocycles. The number of nitrogens with one attached hydrogen (secondary N) is 2. The summed E-state index contributed by atoms with van der Waals surface area (Å²) in [5, 5.41) is 17.7. The second-order valence-corrected chi connectivity index (χ2v) is 6.92. The number of hydrogen-bond donors (Lipinski definition) is 2. The number of nitrogens with zero attached hydrogens (tertiary/aromatic N) is 1. The highest BCUT2D eigenvalue weighted by Gasteiger charge is 2.19. The van der Waals surface area contributed by atoms with Crippen LogP contribution in [0.1, 0.15) is 25.5 Å². The molecule has 0 aliphatic heterocycles. The van der Waals surface area contributed by atoms with Gasteiger partial charge in [-0.25, -0.2) is 0 Å². The summed E-state index contributed by atoms with van der Waals surface area (Å²) >= 11 is 17.9. The average Bonchev–Trinajstić information content (AvgIpc) is 2.58. The summed E-state index contributed by atoms with van der Waals surface area (Å²) in [6.07, 6.45) is 0. The van der Waals surface area contributed by atoms with Gasteiger partial charge in [0.25, 0.3) is 5.69 Å². The van der Waals surface area contributed by atoms with E-state index in [0.29, 0.717) is 10.0 Å². The molecule has 0 heterocycles. The van der Waals surface area contributed by atoms with Crippen molar-refractivity contribution in [1.29, 1.82) is 0 Å². The van der Waals surface area contributed by atoms with Crippen LogP contribution in [0.5, 0.6) is 0 Å². The summed E-state index contributed by atoms with van der Waals surface area (Å²) in [5.74, 6) is -0.376. The predicted molar refractivity (Wildman–Crippen MR) is 104 cm³/mol. The number of carbonyl (C=O) groups excluding carboxylic acids is 1. The fourth-order valence-electron chi connectivity index (χ4n) is 2.29. The number of nitro groups is 1. The summed E-state index contributed by atoms with van der Waals surface area (Å²) in [5.41, 5.74) is 0.892. The van der Waals surface area contributed by atoms with E-state index in [0.717, 1.165) is 5.56 Å². The number of hydrogen-bond acceptors (Lipinski definition) is 4. The highest BCUT2D eigenvalue weighted by atomic mass is 35.5. The van der Waals surface area contributed by atoms with E-state index in [1.165, 1.54) is 18.2 Å². The number of halogens is 3. The molecule has 0 saturated carbocycles. The van der Waals surface area contributed by atoms with E-state index < -0.39 is 11.0 Å². The molecule has 0 spiro atoms. The molecule has 138 valence electrons. The molecule has 0 radical (unpaired) electrons. The van der Waals surface area contributed by atoms with Crippen LogP contribution in [0.25, 0.3) is 0 Å². The van der Waals surface area contributed by atoms with Crippen LogP contribution in [-0.4, -0.2) is 16.9 Å². The Balaban J connectivity index is 2.06. The number of benzene rings is 2. The van der Waals surface area contributed by atoms with Gasteiger partial charge in [-0.2, -0.15) is 0 Å². The van der Waals surface area contributed by atoms with Crippen LogP contribution in [0, 0.1) is 10.1 Å². The topological polar surface area (TPSA) is 84.3 Å². The highest BCUT2D eigenvalue weighted by molar-refractivity contribution is 6.42. The van der Waals surface area contributed by atoms with Gasteiger partial charge in [-0.05, 0) is 37.6 Å². The number of amides is 1. The lowest BCUT2D eigenvalue weighted by molar-refractivity contribution is -0.384. The Morgan fingerprint density at radius 3 is 2.31 bits per heavy atom. The van der Waals surface area contributed by atoms with Crippen molar-refractivity contribution in [2.24, 2.45) is 0 Å². The molecule has 2 rings (SSSR count). The molecule has 2 atom stereocenters. The first-order valence-corrected chi connectivity index (χ1v) is 8.78. The second kappa shape index (κ2) is 8.68. The first-order chi connectivity index (χ1) is 12.2. The first kappa shape index (κ1) is 20.5. The zero-order valence-electron chi connectivity index (χ0n) is 13.9. The number of rotatable bonds is 6. The van der Waals surface area contributed by atoms with Crippen LogP contribution in [0.4, 0.5) is 11.4 Å². The smallest absolute Gasteiger partial charge is 0.271 e. The van der Waals surface area contributed by atoms with E-state index in [2.05, 4.69) is 10.6 Å². The van der Waals surface area contributed by atoms with E-state index in [-0.39, 0.29) is 28.3 Å². The SMILES string of the molecule is C[C@H](N[C@H](C)c1ccc(Cl)c(Cl)c1)C(=O)Nc1cc([N+](=O)[O-])ccc1Cl. The Morgan fingerprint density at radius 1 is 1.04 bits per heavy atom. The summed E-state index contributed by atoms with van der Waals surface area (Å²) in [6, 6.07) is 8.32. The minimum atomic E-state index is -0.588. The monoisotopic (exact) mass is 415 g/mol. The van der Waals surface area contributed by atoms with Gasteiger partial charge in [-0.15, -0.1) is 0 Å². The number of carbonyl (C=O) groups is 1. The van der Waals surface area contributed by atoms with Crippen LogP contribution >= 0.6 is 34.8 Å². The molecule has 2 aromatic carbocycles. The van der Waals surface area contributed by atoms with E-state index >= 15 is 0 Å². The van der Waals surface area contributed by atoms with Gasteiger partial charge in [0.15, 0.2) is 0 Å². The largest absolute Gasteiger partial charge is 0.323 e. The standard InChI is InChI=1S/C17H16Cl3N3O3/c1-9(11-3-5-13(18)15(20)7-11)21-10(2)17(24)22-16-8-12(23(25)26)4-6-14(16)19/h3-10,21H,1-2H3,(H,22,24)/t9-,10+/m1/s1. The first-order valence-electron chi connectivity index (χ1n) is 7.65. The van der Waals surface area contributed by atoms with Crippen LogP contribution in [0.2, 0.25) is 15.1 Å². The maximum absolute atomic E-state index is 12.4. The van der Waals surface area contributed by atoms with Gasteiger partial charge in [0.1, 0.15) is 0 Å². The Hall–Kier alpha value is -1.86. The summed E-state index contributed by atoms with van der Waals surface area (Å²) in [4.78, 5) is 22.7. The molecule has 0 aromatic heterocycles. The van der Waals surface area contributed by atoms with Gasteiger partial charge in [0.05, 0.1) is 31.7 Å². The van der Waals surface area contributed by atoms with Crippen LogP contribution in [-0.2, 0) is 4.79 Å². The maximum atomic E-state index is 12.4. The molecule has 0 saturated heterocycles. The van der Waals surface area contributed by atoms with Crippen molar-refractivity contribution in [2.75, 3.05) is 5.32 Å². The predicted octanol–water partition coefficient (Wildman–Crippen LogP) is 5.23. The second-order valence-electron chi connectivity index (χ2n) is 5.69. The molecular weight excluding hydrogens is 401 g/mol. The van der Waals surface area contributed by atoms with Gasteiger partial charge < -0.3 is 5.32 Å². The zero-order valence-corrected chi connectivity index (χ0v) is 16.2. The molecule has 2 aromatic rings. The lowest BCUT2D eigenvalue weighted by Crippen LogP contribution is -2.39. The van der Waals surface area contributed by atoms with Crippen LogP contribution < -0.4 is 10.6 Å². The van der Waals surface area contributed by atoms with E-state index in [1.54, 1.807) is 19.1 Å². The highest BCUT2D eigenvalue weighted by Crippen LogP contribution is 2.28. The Bertz CT molecular complexity index is 845. The van der Waals surface area contributed by atoms with Crippen molar-refractivity contribution >= 4 is 52.1 Å². The normalized spacial score (nSPS) is 13.1. The molecule has 0 aliphatic rings. The number of anilines is 1. The van der Waals surface area contributed by atoms with Crippen molar-refractivity contribution < 1.29 is 9.72 Å². The third kappa shape index (κ3) is 5.08. The lowest BCUT2D eigenvalue weighted by atomic mass is 10.1. The maximum Gasteiger partial charge on any atom is 0.271 e. The third-order valence-corrected chi connectivity index (χ3v) is 4.82. The molecule has 1 amide bonds. The number of non-ortho nitro benzene ring substituents is 1. The molecule has 6 nitrogen and oxygen atoms in total. The average molecular weight is 417 g/mol. The molecule has 0 fully saturated rings. The molecule has 26 heavy (non-hydrogen) atoms. The van der Waals surface area contributed by atoms with Crippen LogP contribution in [0.3, 0.4) is 0 Å². The van der Waals surface area contributed by atoms with Crippen molar-refractivity contribution in [3.63, 3.8) is 0 Å². The summed E-state index contributed by atoms with van der Waals surface area (Å²) in [6.45, 7) is 3.55. The minimum Gasteiger partial charge on any atom is -0.323 e. The van der Waals surface area contributed by atoms with E-state index in [9.17, 15) is 14.9 Å². The Labute approximate surface area is 165 Å². The van der Waals surface area contributed by atoms with Crippen molar-refractivity contribution in [1.82, 2.24) is 5.32 Å². The Kier molecular flexibility index (Phi) is 6.83. The van der Waals surface area contributed by atoms with Gasteiger partial charge in [0.2, 0.25) is 5.91 Å². The molecule has 0 unspecified atom stereocenters. The van der Waals surface area contributed by atoms with E-state index in [4.69, 9.17) is 34.8 Å². The molecular formula is C17H16Cl3N3O3. The fourth-order valence-corrected chi connectivity index (χ4v) is 2.76. The van der Waals surface area contributed by atoms with Gasteiger partial charge in [0, 0.05) is 18.2 Å². The van der Waals surface area contributed by atoms with E-state index in [1.807, 2.05) is 13.0 Å². The van der Waals surface area contributed by atoms with Crippen molar-refractivity contribution in [3.05, 3.63) is 67.1 Å².